The number of hydrogen-bond acceptors (Lipinski definition) is 2. The van der Waals surface area contributed by atoms with Crippen LogP contribution in [0.3, 0.4) is 0 Å². The van der Waals surface area contributed by atoms with E-state index in [0.717, 1.165) is 7.11 Å². The van der Waals surface area contributed by atoms with E-state index in [1.165, 1.54) is 0 Å². The van der Waals surface area contributed by atoms with Gasteiger partial charge in [-0.1, -0.05) is 0 Å². The van der Waals surface area contributed by atoms with Crippen molar-refractivity contribution in [3.63, 3.8) is 0 Å². The first-order chi connectivity index (χ1) is 2.41. The Morgan fingerprint density at radius 3 is 1.14 bits per heavy atom. The molecule has 0 aliphatic carbocycles. The molecule has 2 nitrogen and oxygen atoms in total. The summed E-state index contributed by atoms with van der Waals surface area (Å²) in [5, 5.41) is 14.6. The van der Waals surface area contributed by atoms with Gasteiger partial charge in [0.05, 0.1) is 0 Å². The van der Waals surface area contributed by atoms with Crippen molar-refractivity contribution in [2.24, 2.45) is 0 Å². The van der Waals surface area contributed by atoms with Crippen molar-refractivity contribution in [3.8, 4) is 0 Å². The van der Waals surface area contributed by atoms with Crippen LogP contribution in [0.2, 0.25) is 0 Å². The van der Waals surface area contributed by atoms with Gasteiger partial charge in [0.15, 0.2) is 0 Å². The summed E-state index contributed by atoms with van der Waals surface area (Å²) in [4.78, 5) is 0. The molecule has 4 heteroatoms. The molecule has 0 fully saturated rings. The third kappa shape index (κ3) is 116. The van der Waals surface area contributed by atoms with Gasteiger partial charge in [-0.05, 0) is 6.92 Å². The molecule has 0 atom stereocenters. The maximum atomic E-state index is 7.57. The predicted octanol–water partition coefficient (Wildman–Crippen LogP) is -0.398. The Morgan fingerprint density at radius 2 is 1.14 bits per heavy atom. The molecule has 0 rings (SSSR count). The summed E-state index contributed by atoms with van der Waals surface area (Å²) < 4.78 is 0. The molecule has 0 aliphatic rings. The minimum Gasteiger partial charge on any atom is -0.400 e. The maximum absolute atomic E-state index is 7.57. The van der Waals surface area contributed by atoms with E-state index < -0.39 is 0 Å². The van der Waals surface area contributed by atoms with Crippen molar-refractivity contribution in [1.29, 1.82) is 0 Å². The molecule has 0 aromatic heterocycles. The minimum atomic E-state index is 0. The summed E-state index contributed by atoms with van der Waals surface area (Å²) in [6.45, 7) is 1.93. The van der Waals surface area contributed by atoms with Gasteiger partial charge in [-0.25, -0.2) is 0 Å². The van der Waals surface area contributed by atoms with E-state index in [1.54, 1.807) is 6.92 Å². The molecular formula is C3H10O2Ti2. The molecule has 0 bridgehead atoms. The summed E-state index contributed by atoms with van der Waals surface area (Å²) in [6, 6.07) is 0. The number of aliphatic hydroxyl groups excluding tert-OH is 2. The topological polar surface area (TPSA) is 40.5 Å². The molecular weight excluding hydrogens is 164 g/mol. The molecule has 0 radical (unpaired) electrons. The van der Waals surface area contributed by atoms with Gasteiger partial charge in [-0.15, -0.1) is 0 Å². The second-order valence-electron chi connectivity index (χ2n) is 0.316. The Kier molecular flexibility index (Phi) is 183. The van der Waals surface area contributed by atoms with E-state index in [0.29, 0.717) is 0 Å². The van der Waals surface area contributed by atoms with Gasteiger partial charge in [0.1, 0.15) is 0 Å². The second kappa shape index (κ2) is 53.7. The van der Waals surface area contributed by atoms with Crippen molar-refractivity contribution in [1.82, 2.24) is 0 Å². The van der Waals surface area contributed by atoms with Gasteiger partial charge in [0.2, 0.25) is 0 Å². The predicted molar refractivity (Wildman–Crippen MR) is 20.9 cm³/mol. The summed E-state index contributed by atoms with van der Waals surface area (Å²) in [6.07, 6.45) is 0. The quantitative estimate of drug-likeness (QED) is 0.490. The van der Waals surface area contributed by atoms with Crippen LogP contribution in [0.25, 0.3) is 0 Å². The molecule has 0 saturated heterocycles. The SMILES string of the molecule is CCO.CO.[Ti].[Ti]. The number of hydrogen-bond donors (Lipinski definition) is 2. The van der Waals surface area contributed by atoms with Crippen LogP contribution in [0.15, 0.2) is 0 Å². The van der Waals surface area contributed by atoms with Gasteiger partial charge in [-0.3, -0.25) is 0 Å². The Hall–Kier alpha value is 1.35. The molecule has 0 heterocycles. The van der Waals surface area contributed by atoms with Crippen LogP contribution in [-0.4, -0.2) is 23.9 Å². The van der Waals surface area contributed by atoms with Crippen LogP contribution in [0.5, 0.6) is 0 Å². The fourth-order valence-corrected chi connectivity index (χ4v) is 0. The molecule has 0 spiro atoms. The first-order valence-electron chi connectivity index (χ1n) is 1.47. The van der Waals surface area contributed by atoms with Gasteiger partial charge in [0.25, 0.3) is 0 Å². The summed E-state index contributed by atoms with van der Waals surface area (Å²) >= 11 is 0. The molecule has 0 aromatic rings. The normalized spacial score (nSPS) is 3.43. The molecule has 0 aromatic carbocycles. The molecule has 0 saturated carbocycles. The summed E-state index contributed by atoms with van der Waals surface area (Å²) in [5.41, 5.74) is 0. The average molecular weight is 174 g/mol. The van der Waals surface area contributed by atoms with Crippen LogP contribution in [0, 0.1) is 0 Å². The maximum Gasteiger partial charge on any atom is 0.0402 e. The monoisotopic (exact) mass is 174 g/mol. The standard InChI is InChI=1S/C2H6O.CH4O.2Ti/c1-2-3;1-2;;/h3H,2H2,1H3;2H,1H3;;. The number of aliphatic hydroxyl groups is 2. The fourth-order valence-electron chi connectivity index (χ4n) is 0. The third-order valence-corrected chi connectivity index (χ3v) is 0. The van der Waals surface area contributed by atoms with E-state index in [9.17, 15) is 0 Å². The second-order valence-corrected chi connectivity index (χ2v) is 0.316. The molecule has 0 aliphatic heterocycles. The molecule has 2 N–H and O–H groups in total. The van der Waals surface area contributed by atoms with E-state index in [4.69, 9.17) is 10.2 Å². The zero-order valence-corrected chi connectivity index (χ0v) is 7.72. The van der Waals surface area contributed by atoms with E-state index in [1.807, 2.05) is 0 Å². The molecule has 0 amide bonds. The van der Waals surface area contributed by atoms with Crippen molar-refractivity contribution < 1.29 is 53.6 Å². The van der Waals surface area contributed by atoms with Crippen LogP contribution in [0.1, 0.15) is 6.92 Å². The summed E-state index contributed by atoms with van der Waals surface area (Å²) in [7, 11) is 1.00. The van der Waals surface area contributed by atoms with Gasteiger partial charge in [0, 0.05) is 57.2 Å². The Labute approximate surface area is 74.1 Å². The van der Waals surface area contributed by atoms with E-state index in [2.05, 4.69) is 0 Å². The van der Waals surface area contributed by atoms with Crippen LogP contribution >= 0.6 is 0 Å². The smallest absolute Gasteiger partial charge is 0.0402 e. The zero-order valence-electron chi connectivity index (χ0n) is 4.60. The molecule has 0 unspecified atom stereocenters. The van der Waals surface area contributed by atoms with Gasteiger partial charge >= 0.3 is 0 Å². The van der Waals surface area contributed by atoms with Crippen molar-refractivity contribution in [3.05, 3.63) is 0 Å². The van der Waals surface area contributed by atoms with Crippen LogP contribution < -0.4 is 0 Å². The Morgan fingerprint density at radius 1 is 1.14 bits per heavy atom. The van der Waals surface area contributed by atoms with Crippen LogP contribution in [0.4, 0.5) is 0 Å². The van der Waals surface area contributed by atoms with E-state index >= 15 is 0 Å². The largest absolute Gasteiger partial charge is 0.400 e. The van der Waals surface area contributed by atoms with Crippen molar-refractivity contribution >= 4 is 0 Å². The zero-order chi connectivity index (χ0) is 4.71. The van der Waals surface area contributed by atoms with Crippen molar-refractivity contribution in [2.45, 2.75) is 6.92 Å². The van der Waals surface area contributed by atoms with Crippen molar-refractivity contribution in [2.75, 3.05) is 13.7 Å². The Bertz CT molecular complexity index is 10.9. The van der Waals surface area contributed by atoms with Crippen LogP contribution in [-0.2, 0) is 43.4 Å². The Balaban J connectivity index is -0.0000000105. The average Bonchev–Trinajstić information content (AvgIpc) is 1.46. The minimum absolute atomic E-state index is 0. The van der Waals surface area contributed by atoms with Gasteiger partial charge in [-0.2, -0.15) is 0 Å². The first kappa shape index (κ1) is 23.8. The summed E-state index contributed by atoms with van der Waals surface area (Å²) in [5.74, 6) is 0. The molecule has 42 valence electrons. The fraction of sp³-hybridized carbons (Fsp3) is 1.00. The van der Waals surface area contributed by atoms with Gasteiger partial charge < -0.3 is 10.2 Å². The number of rotatable bonds is 0. The van der Waals surface area contributed by atoms with E-state index in [-0.39, 0.29) is 50.0 Å². The molecule has 7 heavy (non-hydrogen) atoms. The first-order valence-corrected chi connectivity index (χ1v) is 1.47. The third-order valence-electron chi connectivity index (χ3n) is 0.